The first-order valence-electron chi connectivity index (χ1n) is 9.66. The minimum atomic E-state index is -0.186. The van der Waals surface area contributed by atoms with Gasteiger partial charge in [-0.2, -0.15) is 0 Å². The van der Waals surface area contributed by atoms with Crippen LogP contribution in [0.5, 0.6) is 0 Å². The second-order valence-electron chi connectivity index (χ2n) is 7.68. The third-order valence-corrected chi connectivity index (χ3v) is 5.73. The number of aromatic nitrogens is 1. The van der Waals surface area contributed by atoms with Crippen molar-refractivity contribution in [3.05, 3.63) is 78.1 Å². The first kappa shape index (κ1) is 16.5. The Balaban J connectivity index is 1.33. The van der Waals surface area contributed by atoms with Gasteiger partial charge in [0.15, 0.2) is 5.60 Å². The van der Waals surface area contributed by atoms with E-state index < -0.39 is 0 Å². The van der Waals surface area contributed by atoms with Crippen LogP contribution in [-0.4, -0.2) is 34.3 Å². The van der Waals surface area contributed by atoms with Gasteiger partial charge in [-0.3, -0.25) is 9.88 Å². The maximum Gasteiger partial charge on any atom is 0.156 e. The maximum absolute atomic E-state index is 6.02. The van der Waals surface area contributed by atoms with Crippen LogP contribution >= 0.6 is 0 Å². The number of hydrogen-bond acceptors (Lipinski definition) is 4. The van der Waals surface area contributed by atoms with E-state index in [1.54, 1.807) is 6.20 Å². The van der Waals surface area contributed by atoms with Gasteiger partial charge in [0.05, 0.1) is 5.71 Å². The summed E-state index contributed by atoms with van der Waals surface area (Å²) >= 11 is 0. The highest BCUT2D eigenvalue weighted by Crippen LogP contribution is 2.35. The molecule has 3 aromatic rings. The van der Waals surface area contributed by atoms with Gasteiger partial charge < -0.3 is 4.84 Å². The molecule has 1 atom stereocenters. The van der Waals surface area contributed by atoms with Crippen molar-refractivity contribution >= 4 is 16.5 Å². The maximum atomic E-state index is 6.02. The third-order valence-electron chi connectivity index (χ3n) is 5.73. The van der Waals surface area contributed by atoms with Crippen molar-refractivity contribution in [1.29, 1.82) is 0 Å². The Morgan fingerprint density at radius 2 is 1.96 bits per heavy atom. The van der Waals surface area contributed by atoms with Crippen LogP contribution in [0.4, 0.5) is 0 Å². The topological polar surface area (TPSA) is 37.7 Å². The summed E-state index contributed by atoms with van der Waals surface area (Å²) < 4.78 is 0. The predicted molar refractivity (Wildman–Crippen MR) is 108 cm³/mol. The van der Waals surface area contributed by atoms with Gasteiger partial charge in [-0.15, -0.1) is 0 Å². The van der Waals surface area contributed by atoms with Crippen LogP contribution in [0.1, 0.15) is 30.4 Å². The van der Waals surface area contributed by atoms with E-state index in [2.05, 4.69) is 63.6 Å². The second-order valence-corrected chi connectivity index (χ2v) is 7.68. The van der Waals surface area contributed by atoms with Crippen molar-refractivity contribution in [2.24, 2.45) is 5.16 Å². The molecule has 4 heteroatoms. The molecule has 136 valence electrons. The van der Waals surface area contributed by atoms with Crippen LogP contribution in [0.2, 0.25) is 0 Å². The standard InChI is InChI=1S/C23H23N3O/c1-2-10-21-18(6-1)7-3-8-20(21)16-26-13-5-11-23(17-26)14-22(25-27-23)19-9-4-12-24-15-19/h1-4,6-10,12,15H,5,11,13-14,16-17H2. The lowest BCUT2D eigenvalue weighted by Crippen LogP contribution is -2.47. The Morgan fingerprint density at radius 3 is 2.89 bits per heavy atom. The van der Waals surface area contributed by atoms with Crippen LogP contribution in [0.15, 0.2) is 72.1 Å². The molecule has 2 aromatic carbocycles. The van der Waals surface area contributed by atoms with E-state index in [4.69, 9.17) is 4.84 Å². The van der Waals surface area contributed by atoms with Gasteiger partial charge in [-0.05, 0) is 47.9 Å². The molecule has 2 aliphatic heterocycles. The molecule has 0 saturated carbocycles. The van der Waals surface area contributed by atoms with E-state index in [9.17, 15) is 0 Å². The first-order valence-corrected chi connectivity index (χ1v) is 9.66. The number of nitrogens with zero attached hydrogens (tertiary/aromatic N) is 3. The number of rotatable bonds is 3. The molecular weight excluding hydrogens is 334 g/mol. The van der Waals surface area contributed by atoms with Crippen LogP contribution in [0.25, 0.3) is 10.8 Å². The molecule has 0 bridgehead atoms. The zero-order valence-electron chi connectivity index (χ0n) is 15.3. The van der Waals surface area contributed by atoms with Crippen LogP contribution < -0.4 is 0 Å². The van der Waals surface area contributed by atoms with Crippen molar-refractivity contribution in [1.82, 2.24) is 9.88 Å². The summed E-state index contributed by atoms with van der Waals surface area (Å²) in [5.74, 6) is 0. The molecular formula is C23H23N3O. The van der Waals surface area contributed by atoms with Crippen molar-refractivity contribution in [3.8, 4) is 0 Å². The van der Waals surface area contributed by atoms with Gasteiger partial charge in [0.1, 0.15) is 0 Å². The van der Waals surface area contributed by atoms with Gasteiger partial charge in [0.2, 0.25) is 0 Å². The Labute approximate surface area is 159 Å². The number of hydrogen-bond donors (Lipinski definition) is 0. The third kappa shape index (κ3) is 3.21. The van der Waals surface area contributed by atoms with Crippen molar-refractivity contribution in [3.63, 3.8) is 0 Å². The number of benzene rings is 2. The summed E-state index contributed by atoms with van der Waals surface area (Å²) in [7, 11) is 0. The minimum absolute atomic E-state index is 0.186. The predicted octanol–water partition coefficient (Wildman–Crippen LogP) is 4.39. The van der Waals surface area contributed by atoms with Crippen LogP contribution in [-0.2, 0) is 11.4 Å². The van der Waals surface area contributed by atoms with E-state index in [1.165, 1.54) is 16.3 Å². The Bertz CT molecular complexity index is 980. The summed E-state index contributed by atoms with van der Waals surface area (Å²) in [6.07, 6.45) is 6.73. The average Bonchev–Trinajstić information content (AvgIpc) is 3.12. The molecule has 4 nitrogen and oxygen atoms in total. The van der Waals surface area contributed by atoms with Crippen molar-refractivity contribution in [2.75, 3.05) is 13.1 Å². The molecule has 0 N–H and O–H groups in total. The monoisotopic (exact) mass is 357 g/mol. The molecule has 1 saturated heterocycles. The van der Waals surface area contributed by atoms with Gasteiger partial charge in [0.25, 0.3) is 0 Å². The highest BCUT2D eigenvalue weighted by atomic mass is 16.7. The second kappa shape index (κ2) is 6.78. The lowest BCUT2D eigenvalue weighted by atomic mass is 9.86. The zero-order chi connectivity index (χ0) is 18.1. The Hall–Kier alpha value is -2.72. The highest BCUT2D eigenvalue weighted by molar-refractivity contribution is 6.01. The van der Waals surface area contributed by atoms with Crippen LogP contribution in [0, 0.1) is 0 Å². The van der Waals surface area contributed by atoms with Crippen molar-refractivity contribution < 1.29 is 4.84 Å². The molecule has 2 aliphatic rings. The number of likely N-dealkylation sites (tertiary alicyclic amines) is 1. The molecule has 1 spiro atoms. The normalized spacial score (nSPS) is 22.7. The molecule has 3 heterocycles. The summed E-state index contributed by atoms with van der Waals surface area (Å²) in [5, 5.41) is 7.08. The fourth-order valence-electron chi connectivity index (χ4n) is 4.43. The molecule has 1 aromatic heterocycles. The summed E-state index contributed by atoms with van der Waals surface area (Å²) in [5.41, 5.74) is 3.29. The smallest absolute Gasteiger partial charge is 0.156 e. The van der Waals surface area contributed by atoms with Gasteiger partial charge in [0, 0.05) is 37.5 Å². The van der Waals surface area contributed by atoms with Crippen molar-refractivity contribution in [2.45, 2.75) is 31.4 Å². The fourth-order valence-corrected chi connectivity index (χ4v) is 4.43. The molecule has 5 rings (SSSR count). The summed E-state index contributed by atoms with van der Waals surface area (Å²) in [6.45, 7) is 2.98. The van der Waals surface area contributed by atoms with E-state index >= 15 is 0 Å². The summed E-state index contributed by atoms with van der Waals surface area (Å²) in [4.78, 5) is 12.8. The largest absolute Gasteiger partial charge is 0.387 e. The first-order chi connectivity index (χ1) is 13.3. The molecule has 0 aliphatic carbocycles. The fraction of sp³-hybridized carbons (Fsp3) is 0.304. The highest BCUT2D eigenvalue weighted by Gasteiger charge is 2.43. The number of pyridine rings is 1. The van der Waals surface area contributed by atoms with E-state index in [1.807, 2.05) is 12.3 Å². The average molecular weight is 357 g/mol. The Kier molecular flexibility index (Phi) is 4.13. The lowest BCUT2D eigenvalue weighted by Gasteiger charge is -2.38. The molecule has 0 radical (unpaired) electrons. The SMILES string of the molecule is c1cncc(C2=NOC3(CCCN(Cc4cccc5ccccc45)C3)C2)c1. The molecule has 1 unspecified atom stereocenters. The quantitative estimate of drug-likeness (QED) is 0.697. The van der Waals surface area contributed by atoms with Gasteiger partial charge in [-0.25, -0.2) is 0 Å². The number of oxime groups is 1. The van der Waals surface area contributed by atoms with Gasteiger partial charge in [-0.1, -0.05) is 47.6 Å². The number of piperidine rings is 1. The molecule has 27 heavy (non-hydrogen) atoms. The molecule has 0 amide bonds. The zero-order valence-corrected chi connectivity index (χ0v) is 15.3. The summed E-state index contributed by atoms with van der Waals surface area (Å²) in [6, 6.07) is 19.2. The lowest BCUT2D eigenvalue weighted by molar-refractivity contribution is -0.0703. The van der Waals surface area contributed by atoms with E-state index in [-0.39, 0.29) is 5.60 Å². The minimum Gasteiger partial charge on any atom is -0.387 e. The van der Waals surface area contributed by atoms with Gasteiger partial charge >= 0.3 is 0 Å². The van der Waals surface area contributed by atoms with E-state index in [0.717, 1.165) is 50.2 Å². The van der Waals surface area contributed by atoms with E-state index in [0.29, 0.717) is 0 Å². The number of fused-ring (bicyclic) bond motifs is 1. The Morgan fingerprint density at radius 1 is 1.04 bits per heavy atom. The van der Waals surface area contributed by atoms with Crippen LogP contribution in [0.3, 0.4) is 0 Å². The molecule has 1 fully saturated rings.